The van der Waals surface area contributed by atoms with E-state index < -0.39 is 11.9 Å². The van der Waals surface area contributed by atoms with Crippen molar-refractivity contribution in [1.29, 1.82) is 0 Å². The van der Waals surface area contributed by atoms with Crippen LogP contribution in [0, 0.1) is 5.92 Å². The first-order valence-electron chi connectivity index (χ1n) is 9.27. The van der Waals surface area contributed by atoms with E-state index in [0.717, 1.165) is 12.8 Å². The molecule has 2 aliphatic heterocycles. The first-order chi connectivity index (χ1) is 12.2. The van der Waals surface area contributed by atoms with Gasteiger partial charge in [-0.25, -0.2) is 4.79 Å². The van der Waals surface area contributed by atoms with Crippen LogP contribution in [0.15, 0.2) is 24.3 Å². The van der Waals surface area contributed by atoms with Crippen molar-refractivity contribution in [3.8, 4) is 5.75 Å². The number of hydrogen-bond donors (Lipinski definition) is 3. The van der Waals surface area contributed by atoms with Crippen LogP contribution >= 0.6 is 0 Å². The smallest absolute Gasteiger partial charge is 0.321 e. The van der Waals surface area contributed by atoms with Gasteiger partial charge in [0.2, 0.25) is 0 Å². The van der Waals surface area contributed by atoms with Crippen LogP contribution in [-0.4, -0.2) is 36.7 Å². The van der Waals surface area contributed by atoms with E-state index in [2.05, 4.69) is 16.0 Å². The number of benzene rings is 1. The average molecular weight is 343 g/mol. The summed E-state index contributed by atoms with van der Waals surface area (Å²) in [5, 5.41) is 8.94. The Hall–Kier alpha value is -2.08. The van der Waals surface area contributed by atoms with Crippen molar-refractivity contribution in [2.45, 2.75) is 56.7 Å². The van der Waals surface area contributed by atoms with E-state index in [-0.39, 0.29) is 6.04 Å². The Kier molecular flexibility index (Phi) is 4.61. The van der Waals surface area contributed by atoms with E-state index in [1.165, 1.54) is 25.7 Å². The fourth-order valence-electron chi connectivity index (χ4n) is 3.84. The Morgan fingerprint density at radius 1 is 1.08 bits per heavy atom. The monoisotopic (exact) mass is 343 g/mol. The van der Waals surface area contributed by atoms with E-state index in [0.29, 0.717) is 35.9 Å². The number of urea groups is 1. The quantitative estimate of drug-likeness (QED) is 0.766. The highest BCUT2D eigenvalue weighted by molar-refractivity contribution is 6.05. The fourth-order valence-corrected chi connectivity index (χ4v) is 3.84. The second-order valence-corrected chi connectivity index (χ2v) is 7.48. The van der Waals surface area contributed by atoms with Gasteiger partial charge in [0.1, 0.15) is 5.75 Å². The van der Waals surface area contributed by atoms with Crippen molar-refractivity contribution >= 4 is 11.9 Å². The summed E-state index contributed by atoms with van der Waals surface area (Å²) in [6, 6.07) is 7.79. The second-order valence-electron chi connectivity index (χ2n) is 7.48. The third-order valence-electron chi connectivity index (χ3n) is 5.34. The molecule has 1 aliphatic carbocycles. The van der Waals surface area contributed by atoms with Crippen molar-refractivity contribution in [2.75, 3.05) is 6.61 Å². The van der Waals surface area contributed by atoms with Gasteiger partial charge in [-0.1, -0.05) is 12.1 Å². The van der Waals surface area contributed by atoms with Crippen LogP contribution in [-0.2, 0) is 0 Å². The topological polar surface area (TPSA) is 79.5 Å². The maximum atomic E-state index is 12.5. The Bertz CT molecular complexity index is 647. The Balaban J connectivity index is 1.32. The summed E-state index contributed by atoms with van der Waals surface area (Å²) >= 11 is 0. The second kappa shape index (κ2) is 7.04. The molecule has 0 aromatic heterocycles. The summed E-state index contributed by atoms with van der Waals surface area (Å²) in [4.78, 5) is 24.7. The molecular weight excluding hydrogens is 318 g/mol. The summed E-state index contributed by atoms with van der Waals surface area (Å²) in [5.74, 6) is 0.732. The molecule has 2 atom stereocenters. The maximum Gasteiger partial charge on any atom is 0.321 e. The van der Waals surface area contributed by atoms with E-state index in [1.54, 1.807) is 18.2 Å². The van der Waals surface area contributed by atoms with E-state index in [1.807, 2.05) is 6.07 Å². The molecule has 3 fully saturated rings. The molecule has 4 rings (SSSR count). The number of carbonyl (C=O) groups excluding carboxylic acids is 2. The van der Waals surface area contributed by atoms with Gasteiger partial charge >= 0.3 is 6.03 Å². The minimum Gasteiger partial charge on any atom is -0.492 e. The molecule has 6 heteroatoms. The van der Waals surface area contributed by atoms with E-state index in [9.17, 15) is 9.59 Å². The predicted molar refractivity (Wildman–Crippen MR) is 93.6 cm³/mol. The Morgan fingerprint density at radius 2 is 1.80 bits per heavy atom. The first kappa shape index (κ1) is 16.4. The third kappa shape index (κ3) is 4.12. The van der Waals surface area contributed by atoms with Gasteiger partial charge in [0.25, 0.3) is 5.91 Å². The number of fused-ring (bicyclic) bond motifs is 2. The highest BCUT2D eigenvalue weighted by atomic mass is 16.5. The Morgan fingerprint density at radius 3 is 2.52 bits per heavy atom. The van der Waals surface area contributed by atoms with Crippen LogP contribution in [0.5, 0.6) is 5.75 Å². The number of ether oxygens (including phenoxy) is 1. The lowest BCUT2D eigenvalue weighted by Gasteiger charge is -2.29. The number of imide groups is 1. The van der Waals surface area contributed by atoms with Gasteiger partial charge in [0, 0.05) is 18.1 Å². The maximum absolute atomic E-state index is 12.5. The number of carbonyl (C=O) groups is 2. The minimum absolute atomic E-state index is 0.132. The number of hydrogen-bond acceptors (Lipinski definition) is 4. The molecule has 2 saturated heterocycles. The number of amides is 3. The van der Waals surface area contributed by atoms with Gasteiger partial charge in [0.15, 0.2) is 0 Å². The minimum atomic E-state index is -0.423. The summed E-state index contributed by atoms with van der Waals surface area (Å²) in [7, 11) is 0. The molecule has 1 aromatic carbocycles. The van der Waals surface area contributed by atoms with Gasteiger partial charge in [0.05, 0.1) is 12.2 Å². The highest BCUT2D eigenvalue weighted by Gasteiger charge is 2.34. The molecule has 2 bridgehead atoms. The van der Waals surface area contributed by atoms with Crippen molar-refractivity contribution in [2.24, 2.45) is 5.92 Å². The van der Waals surface area contributed by atoms with Crippen LogP contribution in [0.3, 0.4) is 0 Å². The van der Waals surface area contributed by atoms with Crippen LogP contribution in [0.4, 0.5) is 4.79 Å². The molecule has 3 aliphatic rings. The molecule has 0 radical (unpaired) electrons. The lowest BCUT2D eigenvalue weighted by molar-refractivity contribution is 0.0958. The number of rotatable bonds is 5. The van der Waals surface area contributed by atoms with Crippen LogP contribution in [0.25, 0.3) is 0 Å². The lowest BCUT2D eigenvalue weighted by atomic mass is 10.0. The van der Waals surface area contributed by atoms with Crippen LogP contribution in [0.1, 0.15) is 48.9 Å². The first-order valence-corrected chi connectivity index (χ1v) is 9.27. The number of nitrogens with one attached hydrogen (secondary N) is 3. The fraction of sp³-hybridized carbons (Fsp3) is 0.579. The van der Waals surface area contributed by atoms with E-state index in [4.69, 9.17) is 4.74 Å². The molecule has 0 spiro atoms. The highest BCUT2D eigenvalue weighted by Crippen LogP contribution is 2.30. The SMILES string of the molecule is O=C(NC(=O)c1ccccc1OCC1CC1)NC1CC2CCC(C1)N2. The van der Waals surface area contributed by atoms with Gasteiger partial charge in [-0.3, -0.25) is 10.1 Å². The van der Waals surface area contributed by atoms with Crippen molar-refractivity contribution < 1.29 is 14.3 Å². The normalized spacial score (nSPS) is 27.6. The number of piperidine rings is 1. The van der Waals surface area contributed by atoms with Crippen LogP contribution in [0.2, 0.25) is 0 Å². The molecule has 134 valence electrons. The molecule has 2 unspecified atom stereocenters. The van der Waals surface area contributed by atoms with Gasteiger partial charge in [-0.05, 0) is 56.6 Å². The van der Waals surface area contributed by atoms with E-state index >= 15 is 0 Å². The molecule has 2 heterocycles. The largest absolute Gasteiger partial charge is 0.492 e. The lowest BCUT2D eigenvalue weighted by Crippen LogP contribution is -2.51. The summed E-state index contributed by atoms with van der Waals surface area (Å²) < 4.78 is 5.75. The molecule has 3 amide bonds. The molecule has 3 N–H and O–H groups in total. The average Bonchev–Trinajstić information content (AvgIpc) is 3.37. The summed E-state index contributed by atoms with van der Waals surface area (Å²) in [6.45, 7) is 0.633. The molecular formula is C19H25N3O3. The molecule has 1 aromatic rings. The Labute approximate surface area is 147 Å². The zero-order chi connectivity index (χ0) is 17.2. The predicted octanol–water partition coefficient (Wildman–Crippen LogP) is 2.20. The van der Waals surface area contributed by atoms with Crippen LogP contribution < -0.4 is 20.7 Å². The zero-order valence-electron chi connectivity index (χ0n) is 14.3. The standard InChI is InChI=1S/C19H25N3O3/c23-18(16-3-1-2-4-17(16)25-11-12-5-6-12)22-19(24)21-15-9-13-7-8-14(10-15)20-13/h1-4,12-15,20H,5-11H2,(H2,21,22,23,24). The molecule has 25 heavy (non-hydrogen) atoms. The summed E-state index contributed by atoms with van der Waals surface area (Å²) in [6.07, 6.45) is 6.59. The zero-order valence-corrected chi connectivity index (χ0v) is 14.3. The molecule has 1 saturated carbocycles. The van der Waals surface area contributed by atoms with Gasteiger partial charge in [-0.2, -0.15) is 0 Å². The van der Waals surface area contributed by atoms with Crippen molar-refractivity contribution in [3.05, 3.63) is 29.8 Å². The number of para-hydroxylation sites is 1. The van der Waals surface area contributed by atoms with Crippen molar-refractivity contribution in [3.63, 3.8) is 0 Å². The van der Waals surface area contributed by atoms with Gasteiger partial charge < -0.3 is 15.4 Å². The van der Waals surface area contributed by atoms with Gasteiger partial charge in [-0.15, -0.1) is 0 Å². The van der Waals surface area contributed by atoms with Crippen molar-refractivity contribution in [1.82, 2.24) is 16.0 Å². The summed E-state index contributed by atoms with van der Waals surface area (Å²) in [5.41, 5.74) is 0.406. The molecule has 6 nitrogen and oxygen atoms in total. The third-order valence-corrected chi connectivity index (χ3v) is 5.34.